The van der Waals surface area contributed by atoms with Gasteiger partial charge in [-0.3, -0.25) is 9.78 Å². The molecule has 5 nitrogen and oxygen atoms in total. The Balaban J connectivity index is 1.60. The molecule has 0 fully saturated rings. The van der Waals surface area contributed by atoms with E-state index in [9.17, 15) is 4.79 Å². The summed E-state index contributed by atoms with van der Waals surface area (Å²) in [5.74, 6) is 0.0501. The molecule has 1 amide bonds. The molecule has 3 aromatic rings. The molecular weight excluding hydrogens is 312 g/mol. The Kier molecular flexibility index (Phi) is 3.99. The highest BCUT2D eigenvalue weighted by molar-refractivity contribution is 6.02. The standard InChI is InChI=1S/C20H22N4O/c1-3-14-11-17(15-6-4-5-7-16(15)22-14)23-20(25)13-8-9-19-18(10-13)21-12-24(19)2/h4-7,11-13H,3,8-10H2,1-2H3,(H,22,23,25). The Labute approximate surface area is 147 Å². The zero-order valence-electron chi connectivity index (χ0n) is 14.6. The molecule has 5 heteroatoms. The predicted molar refractivity (Wildman–Crippen MR) is 98.5 cm³/mol. The Morgan fingerprint density at radius 2 is 2.20 bits per heavy atom. The lowest BCUT2D eigenvalue weighted by molar-refractivity contribution is -0.120. The molecule has 25 heavy (non-hydrogen) atoms. The van der Waals surface area contributed by atoms with Gasteiger partial charge in [-0.15, -0.1) is 0 Å². The quantitative estimate of drug-likeness (QED) is 0.800. The lowest BCUT2D eigenvalue weighted by atomic mass is 9.89. The number of fused-ring (bicyclic) bond motifs is 2. The Morgan fingerprint density at radius 1 is 1.36 bits per heavy atom. The molecule has 0 saturated carbocycles. The number of carbonyl (C=O) groups is 1. The minimum absolute atomic E-state index is 0.0283. The molecule has 1 N–H and O–H groups in total. The van der Waals surface area contributed by atoms with Gasteiger partial charge in [0.05, 0.1) is 23.2 Å². The Morgan fingerprint density at radius 3 is 3.04 bits per heavy atom. The summed E-state index contributed by atoms with van der Waals surface area (Å²) in [6.07, 6.45) is 5.16. The van der Waals surface area contributed by atoms with Crippen molar-refractivity contribution in [3.8, 4) is 0 Å². The molecule has 2 aromatic heterocycles. The maximum absolute atomic E-state index is 12.9. The fourth-order valence-corrected chi connectivity index (χ4v) is 3.61. The summed E-state index contributed by atoms with van der Waals surface area (Å²) in [4.78, 5) is 22.0. The highest BCUT2D eigenvalue weighted by atomic mass is 16.1. The van der Waals surface area contributed by atoms with Crippen molar-refractivity contribution < 1.29 is 4.79 Å². The summed E-state index contributed by atoms with van der Waals surface area (Å²) in [5.41, 5.74) is 5.09. The van der Waals surface area contributed by atoms with Crippen LogP contribution in [0.5, 0.6) is 0 Å². The fraction of sp³-hybridized carbons (Fsp3) is 0.350. The minimum atomic E-state index is -0.0283. The van der Waals surface area contributed by atoms with E-state index in [-0.39, 0.29) is 11.8 Å². The van der Waals surface area contributed by atoms with Crippen LogP contribution in [0.3, 0.4) is 0 Å². The second-order valence-electron chi connectivity index (χ2n) is 6.71. The number of imidazole rings is 1. The van der Waals surface area contributed by atoms with E-state index in [0.717, 1.165) is 47.2 Å². The summed E-state index contributed by atoms with van der Waals surface area (Å²) in [6, 6.07) is 9.95. The van der Waals surface area contributed by atoms with Gasteiger partial charge in [0.25, 0.3) is 0 Å². The number of anilines is 1. The number of amides is 1. The number of para-hydroxylation sites is 1. The van der Waals surface area contributed by atoms with Gasteiger partial charge in [0.15, 0.2) is 0 Å². The zero-order valence-corrected chi connectivity index (χ0v) is 14.6. The minimum Gasteiger partial charge on any atom is -0.337 e. The molecule has 4 rings (SSSR count). The van der Waals surface area contributed by atoms with Gasteiger partial charge in [-0.05, 0) is 31.4 Å². The number of nitrogens with zero attached hydrogens (tertiary/aromatic N) is 3. The van der Waals surface area contributed by atoms with Crippen LogP contribution in [0, 0.1) is 5.92 Å². The summed E-state index contributed by atoms with van der Waals surface area (Å²) in [7, 11) is 2.02. The van der Waals surface area contributed by atoms with E-state index in [2.05, 4.69) is 26.8 Å². The molecule has 2 heterocycles. The second-order valence-corrected chi connectivity index (χ2v) is 6.71. The van der Waals surface area contributed by atoms with Crippen LogP contribution in [0.2, 0.25) is 0 Å². The molecule has 0 saturated heterocycles. The van der Waals surface area contributed by atoms with Crippen LogP contribution in [-0.2, 0) is 31.1 Å². The van der Waals surface area contributed by atoms with Gasteiger partial charge >= 0.3 is 0 Å². The molecule has 0 spiro atoms. The van der Waals surface area contributed by atoms with Gasteiger partial charge in [0.2, 0.25) is 5.91 Å². The van der Waals surface area contributed by atoms with Crippen LogP contribution >= 0.6 is 0 Å². The van der Waals surface area contributed by atoms with Gasteiger partial charge < -0.3 is 9.88 Å². The van der Waals surface area contributed by atoms with E-state index in [1.807, 2.05) is 43.7 Å². The largest absolute Gasteiger partial charge is 0.337 e. The van der Waals surface area contributed by atoms with E-state index in [1.54, 1.807) is 0 Å². The van der Waals surface area contributed by atoms with Crippen molar-refractivity contribution in [1.82, 2.24) is 14.5 Å². The molecule has 0 radical (unpaired) electrons. The van der Waals surface area contributed by atoms with Crippen molar-refractivity contribution >= 4 is 22.5 Å². The first-order valence-electron chi connectivity index (χ1n) is 8.84. The van der Waals surface area contributed by atoms with E-state index in [4.69, 9.17) is 0 Å². The van der Waals surface area contributed by atoms with Crippen LogP contribution in [0.4, 0.5) is 5.69 Å². The van der Waals surface area contributed by atoms with Crippen molar-refractivity contribution in [2.24, 2.45) is 13.0 Å². The number of aromatic nitrogens is 3. The van der Waals surface area contributed by atoms with Crippen molar-refractivity contribution in [3.05, 3.63) is 53.7 Å². The highest BCUT2D eigenvalue weighted by Gasteiger charge is 2.27. The number of hydrogen-bond acceptors (Lipinski definition) is 3. The number of aryl methyl sites for hydroxylation is 2. The third-order valence-electron chi connectivity index (χ3n) is 5.08. The van der Waals surface area contributed by atoms with Crippen molar-refractivity contribution in [3.63, 3.8) is 0 Å². The first-order valence-corrected chi connectivity index (χ1v) is 8.84. The van der Waals surface area contributed by atoms with Gasteiger partial charge in [0, 0.05) is 36.2 Å². The third-order valence-corrected chi connectivity index (χ3v) is 5.08. The number of nitrogens with one attached hydrogen (secondary N) is 1. The highest BCUT2D eigenvalue weighted by Crippen LogP contribution is 2.28. The van der Waals surface area contributed by atoms with Crippen LogP contribution < -0.4 is 5.32 Å². The monoisotopic (exact) mass is 334 g/mol. The van der Waals surface area contributed by atoms with Crippen molar-refractivity contribution in [2.45, 2.75) is 32.6 Å². The molecule has 1 unspecified atom stereocenters. The van der Waals surface area contributed by atoms with Crippen molar-refractivity contribution in [2.75, 3.05) is 5.32 Å². The summed E-state index contributed by atoms with van der Waals surface area (Å²) < 4.78 is 2.06. The Bertz CT molecular complexity index is 944. The Hall–Kier alpha value is -2.69. The molecule has 1 aromatic carbocycles. The molecule has 1 atom stereocenters. The maximum atomic E-state index is 12.9. The van der Waals surface area contributed by atoms with Gasteiger partial charge in [0.1, 0.15) is 0 Å². The number of rotatable bonds is 3. The number of carbonyl (C=O) groups excluding carboxylic acids is 1. The van der Waals surface area contributed by atoms with Gasteiger partial charge in [-0.2, -0.15) is 0 Å². The molecule has 128 valence electrons. The number of hydrogen-bond donors (Lipinski definition) is 1. The molecule has 0 bridgehead atoms. The summed E-state index contributed by atoms with van der Waals surface area (Å²) in [6.45, 7) is 2.08. The van der Waals surface area contributed by atoms with E-state index in [1.165, 1.54) is 5.69 Å². The lowest BCUT2D eigenvalue weighted by Gasteiger charge is -2.22. The number of pyridine rings is 1. The molecule has 0 aliphatic heterocycles. The normalized spacial score (nSPS) is 16.6. The molecule has 1 aliphatic rings. The van der Waals surface area contributed by atoms with Gasteiger partial charge in [-0.25, -0.2) is 4.98 Å². The summed E-state index contributed by atoms with van der Waals surface area (Å²) in [5, 5.41) is 4.14. The average molecular weight is 334 g/mol. The van der Waals surface area contributed by atoms with Crippen LogP contribution in [0.15, 0.2) is 36.7 Å². The maximum Gasteiger partial charge on any atom is 0.227 e. The van der Waals surface area contributed by atoms with Crippen LogP contribution in [0.25, 0.3) is 10.9 Å². The first kappa shape index (κ1) is 15.8. The SMILES string of the molecule is CCc1cc(NC(=O)C2CCc3c(ncn3C)C2)c2ccccc2n1. The number of benzene rings is 1. The zero-order chi connectivity index (χ0) is 17.4. The van der Waals surface area contributed by atoms with E-state index < -0.39 is 0 Å². The average Bonchev–Trinajstić information content (AvgIpc) is 3.02. The fourth-order valence-electron chi connectivity index (χ4n) is 3.61. The topological polar surface area (TPSA) is 59.8 Å². The molecule has 1 aliphatic carbocycles. The van der Waals surface area contributed by atoms with Crippen molar-refractivity contribution in [1.29, 1.82) is 0 Å². The smallest absolute Gasteiger partial charge is 0.227 e. The first-order chi connectivity index (χ1) is 12.2. The van der Waals surface area contributed by atoms with Crippen LogP contribution in [-0.4, -0.2) is 20.4 Å². The van der Waals surface area contributed by atoms with E-state index in [0.29, 0.717) is 6.42 Å². The second kappa shape index (κ2) is 6.31. The van der Waals surface area contributed by atoms with E-state index >= 15 is 0 Å². The molecular formula is C20H22N4O. The predicted octanol–water partition coefficient (Wildman–Crippen LogP) is 3.27. The van der Waals surface area contributed by atoms with Gasteiger partial charge in [-0.1, -0.05) is 25.1 Å². The third kappa shape index (κ3) is 2.90. The lowest BCUT2D eigenvalue weighted by Crippen LogP contribution is -2.28. The summed E-state index contributed by atoms with van der Waals surface area (Å²) >= 11 is 0. The van der Waals surface area contributed by atoms with Crippen LogP contribution in [0.1, 0.15) is 30.4 Å².